The number of benzene rings is 2. The van der Waals surface area contributed by atoms with Crippen molar-refractivity contribution in [2.45, 2.75) is 25.6 Å². The number of amides is 1. The molecule has 1 unspecified atom stereocenters. The van der Waals surface area contributed by atoms with Crippen LogP contribution in [0.5, 0.6) is 5.75 Å². The maximum absolute atomic E-state index is 11.4. The Morgan fingerprint density at radius 3 is 2.77 bits per heavy atom. The summed E-state index contributed by atoms with van der Waals surface area (Å²) < 4.78 is 11.6. The topological polar surface area (TPSA) is 61.6 Å². The molecule has 3 rings (SSSR count). The molecule has 1 atom stereocenters. The second-order valence-corrected chi connectivity index (χ2v) is 5.36. The zero-order chi connectivity index (χ0) is 15.4. The van der Waals surface area contributed by atoms with Gasteiger partial charge >= 0.3 is 0 Å². The zero-order valence-corrected chi connectivity index (χ0v) is 12.3. The van der Waals surface area contributed by atoms with Crippen LogP contribution in [-0.4, -0.2) is 18.8 Å². The van der Waals surface area contributed by atoms with Gasteiger partial charge in [0.2, 0.25) is 5.91 Å². The van der Waals surface area contributed by atoms with Crippen molar-refractivity contribution in [3.05, 3.63) is 54.1 Å². The first-order valence-electron chi connectivity index (χ1n) is 7.51. The van der Waals surface area contributed by atoms with Gasteiger partial charge in [0.25, 0.3) is 0 Å². The number of ether oxygens (including phenoxy) is 2. The normalized spacial score (nSPS) is 17.9. The molecular weight excluding hydrogens is 278 g/mol. The molecule has 4 nitrogen and oxygen atoms in total. The van der Waals surface area contributed by atoms with Gasteiger partial charge in [-0.1, -0.05) is 30.3 Å². The summed E-state index contributed by atoms with van der Waals surface area (Å²) in [7, 11) is 0. The third-order valence-corrected chi connectivity index (χ3v) is 3.74. The molecule has 22 heavy (non-hydrogen) atoms. The van der Waals surface area contributed by atoms with E-state index in [1.54, 1.807) is 12.1 Å². The molecule has 2 aromatic rings. The summed E-state index contributed by atoms with van der Waals surface area (Å²) in [6.45, 7) is 0.740. The number of carbonyl (C=O) groups is 1. The summed E-state index contributed by atoms with van der Waals surface area (Å²) in [6, 6.07) is 15.0. The van der Waals surface area contributed by atoms with Gasteiger partial charge in [0.15, 0.2) is 6.29 Å². The lowest BCUT2D eigenvalue weighted by atomic mass is 10.0. The highest BCUT2D eigenvalue weighted by Crippen LogP contribution is 2.32. The van der Waals surface area contributed by atoms with Crippen LogP contribution < -0.4 is 10.5 Å². The Bertz CT molecular complexity index is 663. The van der Waals surface area contributed by atoms with E-state index in [2.05, 4.69) is 0 Å². The molecule has 2 N–H and O–H groups in total. The highest BCUT2D eigenvalue weighted by Gasteiger charge is 2.17. The van der Waals surface area contributed by atoms with Crippen molar-refractivity contribution in [1.29, 1.82) is 0 Å². The van der Waals surface area contributed by atoms with Gasteiger partial charge < -0.3 is 15.2 Å². The molecule has 0 saturated carbocycles. The van der Waals surface area contributed by atoms with Crippen LogP contribution in [0, 0.1) is 0 Å². The fourth-order valence-electron chi connectivity index (χ4n) is 2.59. The Morgan fingerprint density at radius 1 is 1.14 bits per heavy atom. The molecule has 114 valence electrons. The predicted octanol–water partition coefficient (Wildman–Crippen LogP) is 3.36. The zero-order valence-electron chi connectivity index (χ0n) is 12.3. The number of hydrogen-bond acceptors (Lipinski definition) is 3. The summed E-state index contributed by atoms with van der Waals surface area (Å²) in [6.07, 6.45) is 2.90. The average molecular weight is 297 g/mol. The van der Waals surface area contributed by atoms with Crippen molar-refractivity contribution in [1.82, 2.24) is 0 Å². The molecule has 1 saturated heterocycles. The lowest BCUT2D eigenvalue weighted by Crippen LogP contribution is -2.25. The van der Waals surface area contributed by atoms with Crippen LogP contribution in [0.4, 0.5) is 0 Å². The number of para-hydroxylation sites is 1. The number of rotatable bonds is 4. The lowest BCUT2D eigenvalue weighted by molar-refractivity contribution is -0.105. The third kappa shape index (κ3) is 3.28. The molecule has 4 heteroatoms. The average Bonchev–Trinajstić information content (AvgIpc) is 2.56. The largest absolute Gasteiger partial charge is 0.464 e. The van der Waals surface area contributed by atoms with Crippen molar-refractivity contribution < 1.29 is 14.3 Å². The molecule has 1 aliphatic heterocycles. The van der Waals surface area contributed by atoms with Crippen LogP contribution in [0.25, 0.3) is 11.1 Å². The first kappa shape index (κ1) is 14.6. The molecular formula is C18H19NO3. The Kier molecular flexibility index (Phi) is 4.39. The monoisotopic (exact) mass is 297 g/mol. The first-order chi connectivity index (χ1) is 10.7. The Balaban J connectivity index is 1.90. The fraction of sp³-hybridized carbons (Fsp3) is 0.278. The molecule has 0 spiro atoms. The van der Waals surface area contributed by atoms with Gasteiger partial charge in [-0.25, -0.2) is 0 Å². The van der Waals surface area contributed by atoms with Crippen molar-refractivity contribution in [2.75, 3.05) is 6.61 Å². The van der Waals surface area contributed by atoms with Crippen LogP contribution in [-0.2, 0) is 4.74 Å². The maximum Gasteiger partial charge on any atom is 0.248 e. The van der Waals surface area contributed by atoms with E-state index in [1.165, 1.54) is 0 Å². The molecule has 0 bridgehead atoms. The van der Waals surface area contributed by atoms with Gasteiger partial charge in [0, 0.05) is 17.5 Å². The van der Waals surface area contributed by atoms with Gasteiger partial charge in [-0.2, -0.15) is 0 Å². The summed E-state index contributed by atoms with van der Waals surface area (Å²) in [5.74, 6) is 0.326. The van der Waals surface area contributed by atoms with Crippen molar-refractivity contribution in [3.8, 4) is 16.9 Å². The Hall–Kier alpha value is -2.33. The van der Waals surface area contributed by atoms with Gasteiger partial charge in [-0.15, -0.1) is 0 Å². The molecule has 0 aliphatic carbocycles. The summed E-state index contributed by atoms with van der Waals surface area (Å²) >= 11 is 0. The second-order valence-electron chi connectivity index (χ2n) is 5.36. The summed E-state index contributed by atoms with van der Waals surface area (Å²) in [5.41, 5.74) is 7.68. The Morgan fingerprint density at radius 2 is 2.00 bits per heavy atom. The second kappa shape index (κ2) is 6.62. The number of carbonyl (C=O) groups excluding carboxylic acids is 1. The van der Waals surface area contributed by atoms with E-state index >= 15 is 0 Å². The van der Waals surface area contributed by atoms with Crippen molar-refractivity contribution in [3.63, 3.8) is 0 Å². The van der Waals surface area contributed by atoms with Gasteiger partial charge in [0.1, 0.15) is 5.75 Å². The molecule has 1 fully saturated rings. The van der Waals surface area contributed by atoms with E-state index in [-0.39, 0.29) is 6.29 Å². The molecule has 1 amide bonds. The van der Waals surface area contributed by atoms with Crippen LogP contribution >= 0.6 is 0 Å². The van der Waals surface area contributed by atoms with E-state index in [0.717, 1.165) is 42.7 Å². The van der Waals surface area contributed by atoms with E-state index in [9.17, 15) is 4.79 Å². The van der Waals surface area contributed by atoms with Crippen molar-refractivity contribution in [2.24, 2.45) is 5.73 Å². The van der Waals surface area contributed by atoms with Crippen LogP contribution in [0.15, 0.2) is 48.5 Å². The first-order valence-corrected chi connectivity index (χ1v) is 7.51. The van der Waals surface area contributed by atoms with E-state index < -0.39 is 5.91 Å². The van der Waals surface area contributed by atoms with Crippen LogP contribution in [0.1, 0.15) is 29.6 Å². The molecule has 0 radical (unpaired) electrons. The number of nitrogens with two attached hydrogens (primary N) is 1. The lowest BCUT2D eigenvalue weighted by Gasteiger charge is -2.24. The van der Waals surface area contributed by atoms with E-state index in [1.807, 2.05) is 36.4 Å². The standard InChI is InChI=1S/C18H19NO3/c19-18(20)14-7-5-6-13(12-14)15-8-1-2-9-16(15)22-17-10-3-4-11-21-17/h1-2,5-9,12,17H,3-4,10-11H2,(H2,19,20). The van der Waals surface area contributed by atoms with Crippen molar-refractivity contribution >= 4 is 5.91 Å². The minimum atomic E-state index is -0.434. The van der Waals surface area contributed by atoms with Gasteiger partial charge in [0.05, 0.1) is 6.61 Å². The quantitative estimate of drug-likeness (QED) is 0.941. The molecule has 1 aliphatic rings. The Labute approximate surface area is 129 Å². The van der Waals surface area contributed by atoms with Crippen LogP contribution in [0.3, 0.4) is 0 Å². The highest BCUT2D eigenvalue weighted by atomic mass is 16.7. The maximum atomic E-state index is 11.4. The third-order valence-electron chi connectivity index (χ3n) is 3.74. The van der Waals surface area contributed by atoms with E-state index in [4.69, 9.17) is 15.2 Å². The minimum Gasteiger partial charge on any atom is -0.464 e. The van der Waals surface area contributed by atoms with Gasteiger partial charge in [-0.3, -0.25) is 4.79 Å². The highest BCUT2D eigenvalue weighted by molar-refractivity contribution is 5.94. The fourth-order valence-corrected chi connectivity index (χ4v) is 2.59. The van der Waals surface area contributed by atoms with Crippen LogP contribution in [0.2, 0.25) is 0 Å². The number of hydrogen-bond donors (Lipinski definition) is 1. The molecule has 0 aromatic heterocycles. The minimum absolute atomic E-state index is 0.200. The molecule has 1 heterocycles. The smallest absolute Gasteiger partial charge is 0.248 e. The van der Waals surface area contributed by atoms with Gasteiger partial charge in [-0.05, 0) is 36.6 Å². The SMILES string of the molecule is NC(=O)c1cccc(-c2ccccc2OC2CCCCO2)c1. The molecule has 2 aromatic carbocycles. The summed E-state index contributed by atoms with van der Waals surface area (Å²) in [4.78, 5) is 11.4. The van der Waals surface area contributed by atoms with E-state index in [0.29, 0.717) is 5.56 Å². The summed E-state index contributed by atoms with van der Waals surface area (Å²) in [5, 5.41) is 0. The number of primary amides is 1. The predicted molar refractivity (Wildman–Crippen MR) is 84.6 cm³/mol.